The van der Waals surface area contributed by atoms with Crippen molar-refractivity contribution in [3.63, 3.8) is 0 Å². The van der Waals surface area contributed by atoms with Crippen LogP contribution in [0.3, 0.4) is 0 Å². The number of benzene rings is 2. The van der Waals surface area contributed by atoms with E-state index in [0.717, 1.165) is 90.2 Å². The molecule has 6 nitrogen and oxygen atoms in total. The molecule has 2 aromatic carbocycles. The van der Waals surface area contributed by atoms with Gasteiger partial charge in [-0.3, -0.25) is 9.80 Å². The quantitative estimate of drug-likeness (QED) is 0.682. The number of aliphatic imine (C=N–C) groups is 1. The fourth-order valence-electron chi connectivity index (χ4n) is 4.52. The van der Waals surface area contributed by atoms with Crippen LogP contribution in [0.2, 0.25) is 0 Å². The zero-order valence-corrected chi connectivity index (χ0v) is 19.5. The first-order valence-corrected chi connectivity index (χ1v) is 12.6. The number of fused-ring (bicyclic) bond motifs is 2. The van der Waals surface area contributed by atoms with Gasteiger partial charge in [0, 0.05) is 80.8 Å². The van der Waals surface area contributed by atoms with E-state index < -0.39 is 0 Å². The molecule has 3 aliphatic rings. The number of nitrogens with one attached hydrogen (secondary N) is 1. The maximum Gasteiger partial charge on any atom is 0.137 e. The molecule has 0 saturated carbocycles. The molecule has 32 heavy (non-hydrogen) atoms. The molecule has 3 aliphatic heterocycles. The van der Waals surface area contributed by atoms with Gasteiger partial charge in [0.1, 0.15) is 5.84 Å². The van der Waals surface area contributed by atoms with Crippen LogP contribution in [0.4, 0.5) is 5.69 Å². The van der Waals surface area contributed by atoms with E-state index in [0.29, 0.717) is 0 Å². The Kier molecular flexibility index (Phi) is 7.41. The molecule has 7 heteroatoms. The highest BCUT2D eigenvalue weighted by molar-refractivity contribution is 7.99. The molecule has 3 heterocycles. The molecular formula is C25H33N5OS. The molecule has 170 valence electrons. The number of nitrogens with zero attached hydrogens (tertiary/aromatic N) is 4. The summed E-state index contributed by atoms with van der Waals surface area (Å²) < 4.78 is 5.94. The molecule has 5 rings (SSSR count). The van der Waals surface area contributed by atoms with Crippen molar-refractivity contribution in [3.8, 4) is 0 Å². The van der Waals surface area contributed by atoms with Gasteiger partial charge in [-0.15, -0.1) is 0 Å². The van der Waals surface area contributed by atoms with Gasteiger partial charge < -0.3 is 15.0 Å². The van der Waals surface area contributed by atoms with Crippen molar-refractivity contribution in [1.29, 1.82) is 0 Å². The molecule has 0 spiro atoms. The van der Waals surface area contributed by atoms with Crippen LogP contribution < -0.4 is 5.32 Å². The minimum atomic E-state index is 0.819. The van der Waals surface area contributed by atoms with E-state index in [1.807, 2.05) is 11.8 Å². The van der Waals surface area contributed by atoms with Gasteiger partial charge in [0.25, 0.3) is 0 Å². The second-order valence-electron chi connectivity index (χ2n) is 8.53. The molecule has 0 aliphatic carbocycles. The summed E-state index contributed by atoms with van der Waals surface area (Å²) in [6.45, 7) is 12.3. The molecule has 2 fully saturated rings. The van der Waals surface area contributed by atoms with E-state index in [2.05, 4.69) is 68.5 Å². The average molecular weight is 452 g/mol. The summed E-state index contributed by atoms with van der Waals surface area (Å²) in [5.74, 6) is 1.12. The zero-order chi connectivity index (χ0) is 21.6. The maximum absolute atomic E-state index is 5.94. The molecule has 0 amide bonds. The first kappa shape index (κ1) is 21.9. The Morgan fingerprint density at radius 1 is 0.781 bits per heavy atom. The lowest BCUT2D eigenvalue weighted by molar-refractivity contribution is 0.0708. The molecule has 0 bridgehead atoms. The fourth-order valence-corrected chi connectivity index (χ4v) is 5.54. The van der Waals surface area contributed by atoms with Gasteiger partial charge in [-0.1, -0.05) is 42.1 Å². The topological polar surface area (TPSA) is 43.3 Å². The van der Waals surface area contributed by atoms with Crippen molar-refractivity contribution in [3.05, 3.63) is 54.1 Å². The minimum Gasteiger partial charge on any atom is -0.379 e. The largest absolute Gasteiger partial charge is 0.379 e. The number of hydrogen-bond acceptors (Lipinski definition) is 7. The maximum atomic E-state index is 5.94. The van der Waals surface area contributed by atoms with Crippen LogP contribution in [0.1, 0.15) is 5.56 Å². The summed E-state index contributed by atoms with van der Waals surface area (Å²) in [7, 11) is 0. The van der Waals surface area contributed by atoms with E-state index in [1.54, 1.807) is 0 Å². The van der Waals surface area contributed by atoms with E-state index in [9.17, 15) is 0 Å². The van der Waals surface area contributed by atoms with E-state index in [-0.39, 0.29) is 0 Å². The predicted molar refractivity (Wildman–Crippen MR) is 131 cm³/mol. The van der Waals surface area contributed by atoms with Gasteiger partial charge >= 0.3 is 0 Å². The van der Waals surface area contributed by atoms with Crippen LogP contribution in [0.15, 0.2) is 63.3 Å². The van der Waals surface area contributed by atoms with Gasteiger partial charge in [0.2, 0.25) is 0 Å². The lowest BCUT2D eigenvalue weighted by Crippen LogP contribution is -2.49. The summed E-state index contributed by atoms with van der Waals surface area (Å²) in [5, 5.41) is 3.40. The summed E-state index contributed by atoms with van der Waals surface area (Å²) in [5.41, 5.74) is 2.32. The summed E-state index contributed by atoms with van der Waals surface area (Å²) in [4.78, 5) is 15.1. The van der Waals surface area contributed by atoms with Gasteiger partial charge in [0.05, 0.1) is 18.9 Å². The Hall–Kier alpha value is -1.90. The van der Waals surface area contributed by atoms with Crippen LogP contribution in [0, 0.1) is 0 Å². The van der Waals surface area contributed by atoms with E-state index in [1.165, 1.54) is 15.4 Å². The van der Waals surface area contributed by atoms with Crippen molar-refractivity contribution in [2.75, 3.05) is 78.7 Å². The van der Waals surface area contributed by atoms with Gasteiger partial charge in [-0.05, 0) is 18.2 Å². The SMILES string of the molecule is c1ccc2c(c1)N=C(N1CCN(CCOCCN3CCNCC3)CC1)c1ccccc1S2. The van der Waals surface area contributed by atoms with Gasteiger partial charge in [-0.25, -0.2) is 4.99 Å². The first-order valence-electron chi connectivity index (χ1n) is 11.8. The molecule has 2 aromatic rings. The summed E-state index contributed by atoms with van der Waals surface area (Å²) in [6, 6.07) is 17.1. The van der Waals surface area contributed by atoms with Crippen molar-refractivity contribution in [2.24, 2.45) is 4.99 Å². The predicted octanol–water partition coefficient (Wildman–Crippen LogP) is 2.77. The first-order chi connectivity index (χ1) is 15.9. The van der Waals surface area contributed by atoms with Crippen molar-refractivity contribution >= 4 is 23.3 Å². The minimum absolute atomic E-state index is 0.819. The summed E-state index contributed by atoms with van der Waals surface area (Å²) in [6.07, 6.45) is 0. The Morgan fingerprint density at radius 3 is 2.22 bits per heavy atom. The Morgan fingerprint density at radius 2 is 1.44 bits per heavy atom. The highest BCUT2D eigenvalue weighted by Crippen LogP contribution is 2.40. The van der Waals surface area contributed by atoms with Crippen LogP contribution in [0.25, 0.3) is 0 Å². The lowest BCUT2D eigenvalue weighted by atomic mass is 10.1. The van der Waals surface area contributed by atoms with Crippen molar-refractivity contribution in [2.45, 2.75) is 9.79 Å². The number of amidine groups is 1. The average Bonchev–Trinajstić information content (AvgIpc) is 3.02. The number of rotatable bonds is 6. The number of ether oxygens (including phenoxy) is 1. The standard InChI is InChI=1S/C25H33N5OS/c1-3-7-23-21(5-1)25(27-22-6-2-4-8-24(22)32-23)30-15-13-29(14-16-30)18-20-31-19-17-28-11-9-26-10-12-28/h1-8,26H,9-20H2. The van der Waals surface area contributed by atoms with Crippen LogP contribution >= 0.6 is 11.8 Å². The smallest absolute Gasteiger partial charge is 0.137 e. The third kappa shape index (κ3) is 5.35. The molecular weight excluding hydrogens is 418 g/mol. The van der Waals surface area contributed by atoms with Crippen LogP contribution in [0.5, 0.6) is 0 Å². The highest BCUT2D eigenvalue weighted by Gasteiger charge is 2.25. The van der Waals surface area contributed by atoms with Crippen LogP contribution in [-0.4, -0.2) is 99.2 Å². The normalized spacial score (nSPS) is 19.8. The third-order valence-electron chi connectivity index (χ3n) is 6.42. The number of piperazine rings is 2. The Bertz CT molecular complexity index is 922. The zero-order valence-electron chi connectivity index (χ0n) is 18.7. The van der Waals surface area contributed by atoms with E-state index >= 15 is 0 Å². The molecule has 0 unspecified atom stereocenters. The van der Waals surface area contributed by atoms with E-state index in [4.69, 9.17) is 9.73 Å². The Labute approximate surface area is 195 Å². The lowest BCUT2D eigenvalue weighted by Gasteiger charge is -2.36. The molecule has 0 atom stereocenters. The van der Waals surface area contributed by atoms with Crippen molar-refractivity contribution in [1.82, 2.24) is 20.0 Å². The second kappa shape index (κ2) is 10.8. The monoisotopic (exact) mass is 451 g/mol. The number of hydrogen-bond donors (Lipinski definition) is 1. The van der Waals surface area contributed by atoms with Gasteiger partial charge in [-0.2, -0.15) is 0 Å². The van der Waals surface area contributed by atoms with Crippen molar-refractivity contribution < 1.29 is 4.74 Å². The Balaban J connectivity index is 1.14. The third-order valence-corrected chi connectivity index (χ3v) is 7.57. The van der Waals surface area contributed by atoms with Gasteiger partial charge in [0.15, 0.2) is 0 Å². The molecule has 2 saturated heterocycles. The fraction of sp³-hybridized carbons (Fsp3) is 0.480. The molecule has 0 aromatic heterocycles. The molecule has 0 radical (unpaired) electrons. The summed E-state index contributed by atoms with van der Waals surface area (Å²) >= 11 is 1.82. The molecule has 1 N–H and O–H groups in total. The highest BCUT2D eigenvalue weighted by atomic mass is 32.2. The second-order valence-corrected chi connectivity index (χ2v) is 9.62. The number of para-hydroxylation sites is 1. The van der Waals surface area contributed by atoms with Crippen LogP contribution in [-0.2, 0) is 4.74 Å².